The molecule has 17 heavy (non-hydrogen) atoms. The van der Waals surface area contributed by atoms with Gasteiger partial charge in [-0.2, -0.15) is 0 Å². The summed E-state index contributed by atoms with van der Waals surface area (Å²) in [5.41, 5.74) is 2.84. The van der Waals surface area contributed by atoms with E-state index in [1.807, 2.05) is 12.2 Å². The van der Waals surface area contributed by atoms with Crippen molar-refractivity contribution in [3.05, 3.63) is 59.1 Å². The third kappa shape index (κ3) is 2.70. The lowest BCUT2D eigenvalue weighted by molar-refractivity contribution is 0.405. The van der Waals surface area contributed by atoms with Crippen LogP contribution in [-0.4, -0.2) is 6.04 Å². The number of hydrogen-bond acceptors (Lipinski definition) is 1. The Labute approximate surface area is 112 Å². The van der Waals surface area contributed by atoms with Crippen molar-refractivity contribution in [1.29, 1.82) is 0 Å². The molecule has 1 aromatic carbocycles. The Hall–Kier alpha value is -0.860. The van der Waals surface area contributed by atoms with E-state index in [4.69, 9.17) is 0 Å². The van der Waals surface area contributed by atoms with Crippen LogP contribution in [0.1, 0.15) is 30.0 Å². The van der Waals surface area contributed by atoms with Crippen LogP contribution in [0.25, 0.3) is 0 Å². The highest BCUT2D eigenvalue weighted by Gasteiger charge is 2.25. The second-order valence-corrected chi connectivity index (χ2v) is 5.33. The third-order valence-corrected chi connectivity index (χ3v) is 4.01. The maximum absolute atomic E-state index is 3.85. The Morgan fingerprint density at radius 3 is 2.76 bits per heavy atom. The summed E-state index contributed by atoms with van der Waals surface area (Å²) in [5, 5.41) is 3.68. The number of benzene rings is 1. The van der Waals surface area contributed by atoms with E-state index in [1.54, 1.807) is 0 Å². The molecule has 0 bridgehead atoms. The third-order valence-electron chi connectivity index (χ3n) is 3.27. The molecule has 0 radical (unpaired) electrons. The fourth-order valence-corrected chi connectivity index (χ4v) is 3.05. The second-order valence-electron chi connectivity index (χ2n) is 4.48. The fourth-order valence-electron chi connectivity index (χ4n) is 2.51. The van der Waals surface area contributed by atoms with Crippen LogP contribution >= 0.6 is 15.9 Å². The fraction of sp³-hybridized carbons (Fsp3) is 0.333. The Morgan fingerprint density at radius 2 is 2.06 bits per heavy atom. The van der Waals surface area contributed by atoms with Gasteiger partial charge in [-0.05, 0) is 36.5 Å². The van der Waals surface area contributed by atoms with Crippen LogP contribution in [0.5, 0.6) is 0 Å². The summed E-state index contributed by atoms with van der Waals surface area (Å²) in [5.74, 6) is 0. The first kappa shape index (κ1) is 12.6. The number of hydrogen-bond donors (Lipinski definition) is 1. The highest BCUT2D eigenvalue weighted by Crippen LogP contribution is 2.33. The standard InChI is InChI=1S/C15H18BrN/c1-3-6-11-10-13-12(8-5-9-14(13)16)15(17-11)7-4-2/h3-5,8-9,11,15,17H,1-2,6-7,10H2/t11-,15-/m0/s1. The minimum absolute atomic E-state index is 0.388. The van der Waals surface area contributed by atoms with E-state index >= 15 is 0 Å². The van der Waals surface area contributed by atoms with E-state index in [9.17, 15) is 0 Å². The number of fused-ring (bicyclic) bond motifs is 1. The van der Waals surface area contributed by atoms with E-state index < -0.39 is 0 Å². The lowest BCUT2D eigenvalue weighted by Crippen LogP contribution is -2.39. The van der Waals surface area contributed by atoms with Crippen molar-refractivity contribution < 1.29 is 0 Å². The Balaban J connectivity index is 2.34. The molecule has 0 saturated heterocycles. The summed E-state index contributed by atoms with van der Waals surface area (Å²) < 4.78 is 1.22. The minimum Gasteiger partial charge on any atom is -0.306 e. The van der Waals surface area contributed by atoms with E-state index in [2.05, 4.69) is 52.6 Å². The van der Waals surface area contributed by atoms with Gasteiger partial charge in [0.05, 0.1) is 0 Å². The molecule has 0 unspecified atom stereocenters. The van der Waals surface area contributed by atoms with Gasteiger partial charge in [0, 0.05) is 16.6 Å². The normalized spacial score (nSPS) is 22.9. The molecule has 0 aromatic heterocycles. The molecule has 2 rings (SSSR count). The Kier molecular flexibility index (Phi) is 4.19. The van der Waals surface area contributed by atoms with Crippen molar-refractivity contribution in [3.8, 4) is 0 Å². The molecule has 1 N–H and O–H groups in total. The maximum Gasteiger partial charge on any atom is 0.0360 e. The summed E-state index contributed by atoms with van der Waals surface area (Å²) in [7, 11) is 0. The van der Waals surface area contributed by atoms with Crippen LogP contribution in [0.3, 0.4) is 0 Å². The van der Waals surface area contributed by atoms with Gasteiger partial charge in [-0.1, -0.05) is 40.2 Å². The average molecular weight is 292 g/mol. The Bertz CT molecular complexity index is 425. The molecule has 90 valence electrons. The Morgan fingerprint density at radius 1 is 1.29 bits per heavy atom. The summed E-state index contributed by atoms with van der Waals surface area (Å²) in [6.07, 6.45) is 7.02. The highest BCUT2D eigenvalue weighted by molar-refractivity contribution is 9.10. The first-order valence-electron chi connectivity index (χ1n) is 6.01. The van der Waals surface area contributed by atoms with E-state index in [1.165, 1.54) is 15.6 Å². The zero-order chi connectivity index (χ0) is 12.3. The maximum atomic E-state index is 3.85. The number of rotatable bonds is 4. The van der Waals surface area contributed by atoms with Gasteiger partial charge in [-0.25, -0.2) is 0 Å². The number of halogens is 1. The van der Waals surface area contributed by atoms with Crippen LogP contribution in [0, 0.1) is 0 Å². The predicted octanol–water partition coefficient (Wildman–Crippen LogP) is 4.16. The summed E-state index contributed by atoms with van der Waals surface area (Å²) >= 11 is 3.66. The first-order valence-corrected chi connectivity index (χ1v) is 6.80. The van der Waals surface area contributed by atoms with Crippen molar-refractivity contribution in [3.63, 3.8) is 0 Å². The van der Waals surface area contributed by atoms with E-state index in [-0.39, 0.29) is 0 Å². The predicted molar refractivity (Wildman–Crippen MR) is 77.1 cm³/mol. The van der Waals surface area contributed by atoms with Crippen LogP contribution in [0.2, 0.25) is 0 Å². The molecule has 0 spiro atoms. The SMILES string of the molecule is C=CC[C@H]1Cc2c(Br)cccc2[C@H](CC=C)N1. The van der Waals surface area contributed by atoms with Gasteiger partial charge in [0.1, 0.15) is 0 Å². The quantitative estimate of drug-likeness (QED) is 0.822. The lowest BCUT2D eigenvalue weighted by atomic mass is 9.87. The molecule has 0 fully saturated rings. The van der Waals surface area contributed by atoms with Crippen LogP contribution in [0.4, 0.5) is 0 Å². The van der Waals surface area contributed by atoms with Crippen molar-refractivity contribution in [2.75, 3.05) is 0 Å². The minimum atomic E-state index is 0.388. The van der Waals surface area contributed by atoms with E-state index in [0.29, 0.717) is 12.1 Å². The largest absolute Gasteiger partial charge is 0.306 e. The monoisotopic (exact) mass is 291 g/mol. The molecule has 0 amide bonds. The van der Waals surface area contributed by atoms with Crippen molar-refractivity contribution in [1.82, 2.24) is 5.32 Å². The summed E-state index contributed by atoms with van der Waals surface area (Å²) in [6, 6.07) is 7.32. The van der Waals surface area contributed by atoms with E-state index in [0.717, 1.165) is 19.3 Å². The van der Waals surface area contributed by atoms with Gasteiger partial charge in [0.25, 0.3) is 0 Å². The van der Waals surface area contributed by atoms with Gasteiger partial charge < -0.3 is 5.32 Å². The molecule has 2 atom stereocenters. The van der Waals surface area contributed by atoms with Gasteiger partial charge >= 0.3 is 0 Å². The molecule has 1 heterocycles. The second kappa shape index (κ2) is 5.65. The molecule has 2 heteroatoms. The molecular formula is C15H18BrN. The van der Waals surface area contributed by atoms with Crippen LogP contribution in [-0.2, 0) is 6.42 Å². The van der Waals surface area contributed by atoms with Crippen molar-refractivity contribution in [2.24, 2.45) is 0 Å². The smallest absolute Gasteiger partial charge is 0.0360 e. The molecule has 1 aliphatic heterocycles. The first-order chi connectivity index (χ1) is 8.26. The average Bonchev–Trinajstić information content (AvgIpc) is 2.31. The molecule has 1 aliphatic rings. The van der Waals surface area contributed by atoms with Gasteiger partial charge in [-0.15, -0.1) is 13.2 Å². The zero-order valence-corrected chi connectivity index (χ0v) is 11.5. The summed E-state index contributed by atoms with van der Waals surface area (Å²) in [4.78, 5) is 0. The topological polar surface area (TPSA) is 12.0 Å². The zero-order valence-electron chi connectivity index (χ0n) is 9.95. The van der Waals surface area contributed by atoms with Gasteiger partial charge in [0.2, 0.25) is 0 Å². The molecule has 1 aromatic rings. The molecule has 1 nitrogen and oxygen atoms in total. The number of nitrogens with one attached hydrogen (secondary N) is 1. The van der Waals surface area contributed by atoms with Crippen LogP contribution < -0.4 is 5.32 Å². The molecular weight excluding hydrogens is 274 g/mol. The summed E-state index contributed by atoms with van der Waals surface area (Å²) in [6.45, 7) is 7.68. The lowest BCUT2D eigenvalue weighted by Gasteiger charge is -2.33. The molecule has 0 aliphatic carbocycles. The van der Waals surface area contributed by atoms with Crippen molar-refractivity contribution in [2.45, 2.75) is 31.3 Å². The van der Waals surface area contributed by atoms with Gasteiger partial charge in [0.15, 0.2) is 0 Å². The van der Waals surface area contributed by atoms with Gasteiger partial charge in [-0.3, -0.25) is 0 Å². The highest BCUT2D eigenvalue weighted by atomic mass is 79.9. The van der Waals surface area contributed by atoms with Crippen molar-refractivity contribution >= 4 is 15.9 Å². The molecule has 0 saturated carbocycles. The van der Waals surface area contributed by atoms with Crippen LogP contribution in [0.15, 0.2) is 48.0 Å².